The van der Waals surface area contributed by atoms with Crippen LogP contribution in [-0.4, -0.2) is 28.7 Å². The topological polar surface area (TPSA) is 55.6 Å². The molecule has 0 saturated carbocycles. The quantitative estimate of drug-likeness (QED) is 0.645. The zero-order chi connectivity index (χ0) is 21.8. The van der Waals surface area contributed by atoms with Crippen LogP contribution in [0, 0.1) is 5.92 Å². The molecule has 160 valence electrons. The van der Waals surface area contributed by atoms with E-state index in [1.54, 1.807) is 0 Å². The van der Waals surface area contributed by atoms with Crippen molar-refractivity contribution in [1.82, 2.24) is 4.90 Å². The summed E-state index contributed by atoms with van der Waals surface area (Å²) >= 11 is 12.5. The zero-order valence-corrected chi connectivity index (χ0v) is 19.2. The van der Waals surface area contributed by atoms with Crippen molar-refractivity contribution < 1.29 is 9.53 Å². The van der Waals surface area contributed by atoms with Crippen LogP contribution in [0.4, 0.5) is 0 Å². The van der Waals surface area contributed by atoms with Crippen LogP contribution in [0.1, 0.15) is 51.2 Å². The van der Waals surface area contributed by atoms with Crippen LogP contribution in [0.2, 0.25) is 10.0 Å². The van der Waals surface area contributed by atoms with Crippen LogP contribution < -0.4 is 5.73 Å². The van der Waals surface area contributed by atoms with Gasteiger partial charge in [0.2, 0.25) is 0 Å². The molecular weight excluding hydrogens is 419 g/mol. The fraction of sp³-hybridized carbons (Fsp3) is 0.458. The summed E-state index contributed by atoms with van der Waals surface area (Å²) in [6.45, 7) is 8.24. The number of benzene rings is 2. The van der Waals surface area contributed by atoms with E-state index < -0.39 is 17.3 Å². The molecule has 6 heteroatoms. The molecule has 0 amide bonds. The molecule has 0 bridgehead atoms. The first-order valence-electron chi connectivity index (χ1n) is 10.4. The Morgan fingerprint density at radius 3 is 2.37 bits per heavy atom. The minimum Gasteiger partial charge on any atom is -0.443 e. The predicted octanol–water partition coefficient (Wildman–Crippen LogP) is 5.32. The number of halogens is 2. The number of nitrogens with zero attached hydrogens (tertiary/aromatic N) is 1. The second-order valence-corrected chi connectivity index (χ2v) is 10.2. The minimum atomic E-state index is -0.819. The Morgan fingerprint density at radius 2 is 1.77 bits per heavy atom. The van der Waals surface area contributed by atoms with Crippen LogP contribution >= 0.6 is 23.2 Å². The molecule has 4 atom stereocenters. The van der Waals surface area contributed by atoms with Crippen LogP contribution in [0.15, 0.2) is 48.5 Å². The number of nitrogens with two attached hydrogens (primary N) is 1. The Morgan fingerprint density at radius 1 is 1.10 bits per heavy atom. The molecule has 2 saturated heterocycles. The van der Waals surface area contributed by atoms with E-state index in [9.17, 15) is 4.79 Å². The molecule has 2 aromatic carbocycles. The SMILES string of the molecule is CC(C)C[C@H]1N2[C@@H](C(=O)OC2(C)C)[C@H](c2cccc(Cl)c2)[C@@]1(N)c1ccc(Cl)cc1. The Kier molecular flexibility index (Phi) is 5.43. The fourth-order valence-corrected chi connectivity index (χ4v) is 5.72. The highest BCUT2D eigenvalue weighted by molar-refractivity contribution is 6.30. The third-order valence-corrected chi connectivity index (χ3v) is 6.96. The molecule has 0 aromatic heterocycles. The average molecular weight is 447 g/mol. The Balaban J connectivity index is 1.98. The lowest BCUT2D eigenvalue weighted by Crippen LogP contribution is -2.55. The summed E-state index contributed by atoms with van der Waals surface area (Å²) in [5.41, 5.74) is 7.72. The predicted molar refractivity (Wildman–Crippen MR) is 121 cm³/mol. The van der Waals surface area contributed by atoms with Gasteiger partial charge in [-0.25, -0.2) is 4.90 Å². The average Bonchev–Trinajstić information content (AvgIpc) is 3.05. The monoisotopic (exact) mass is 446 g/mol. The highest BCUT2D eigenvalue weighted by Crippen LogP contribution is 2.56. The Hall–Kier alpha value is -1.59. The summed E-state index contributed by atoms with van der Waals surface area (Å²) < 4.78 is 5.84. The molecule has 0 aliphatic carbocycles. The largest absolute Gasteiger partial charge is 0.443 e. The van der Waals surface area contributed by atoms with Gasteiger partial charge in [-0.15, -0.1) is 0 Å². The van der Waals surface area contributed by atoms with Gasteiger partial charge in [-0.2, -0.15) is 0 Å². The maximum atomic E-state index is 13.2. The van der Waals surface area contributed by atoms with Gasteiger partial charge in [0.15, 0.2) is 5.72 Å². The number of carbonyl (C=O) groups is 1. The normalized spacial score (nSPS) is 30.5. The highest BCUT2D eigenvalue weighted by atomic mass is 35.5. The minimum absolute atomic E-state index is 0.103. The third kappa shape index (κ3) is 3.34. The zero-order valence-electron chi connectivity index (χ0n) is 17.7. The number of ether oxygens (including phenoxy) is 1. The fourth-order valence-electron chi connectivity index (χ4n) is 5.40. The first kappa shape index (κ1) is 21.6. The molecule has 30 heavy (non-hydrogen) atoms. The van der Waals surface area contributed by atoms with Crippen molar-refractivity contribution in [1.29, 1.82) is 0 Å². The number of esters is 1. The first-order valence-corrected chi connectivity index (χ1v) is 11.1. The van der Waals surface area contributed by atoms with Gasteiger partial charge in [-0.1, -0.05) is 61.3 Å². The van der Waals surface area contributed by atoms with Crippen molar-refractivity contribution >= 4 is 29.2 Å². The van der Waals surface area contributed by atoms with E-state index in [-0.39, 0.29) is 17.9 Å². The van der Waals surface area contributed by atoms with Gasteiger partial charge in [0.05, 0.1) is 5.54 Å². The molecule has 2 fully saturated rings. The molecule has 4 nitrogen and oxygen atoms in total. The lowest BCUT2D eigenvalue weighted by Gasteiger charge is -2.42. The number of rotatable bonds is 4. The number of fused-ring (bicyclic) bond motifs is 1. The lowest BCUT2D eigenvalue weighted by molar-refractivity contribution is -0.152. The second-order valence-electron chi connectivity index (χ2n) is 9.34. The molecule has 0 unspecified atom stereocenters. The van der Waals surface area contributed by atoms with Crippen LogP contribution in [-0.2, 0) is 15.1 Å². The second kappa shape index (κ2) is 7.52. The first-order chi connectivity index (χ1) is 14.1. The van der Waals surface area contributed by atoms with Gasteiger partial charge in [-0.3, -0.25) is 4.79 Å². The third-order valence-electron chi connectivity index (χ3n) is 6.48. The highest BCUT2D eigenvalue weighted by Gasteiger charge is 2.68. The Labute approximate surface area is 188 Å². The van der Waals surface area contributed by atoms with E-state index in [0.717, 1.165) is 17.5 Å². The maximum absolute atomic E-state index is 13.2. The number of hydrogen-bond donors (Lipinski definition) is 1. The van der Waals surface area contributed by atoms with Gasteiger partial charge >= 0.3 is 5.97 Å². The van der Waals surface area contributed by atoms with Gasteiger partial charge < -0.3 is 10.5 Å². The summed E-state index contributed by atoms with van der Waals surface area (Å²) in [4.78, 5) is 15.4. The van der Waals surface area contributed by atoms with E-state index in [2.05, 4.69) is 18.7 Å². The lowest BCUT2D eigenvalue weighted by atomic mass is 9.70. The van der Waals surface area contributed by atoms with E-state index in [1.165, 1.54) is 0 Å². The van der Waals surface area contributed by atoms with E-state index >= 15 is 0 Å². The molecular formula is C24H28Cl2N2O2. The number of cyclic esters (lactones) is 1. The van der Waals surface area contributed by atoms with Gasteiger partial charge in [-0.05, 0) is 61.6 Å². The van der Waals surface area contributed by atoms with Crippen molar-refractivity contribution in [2.24, 2.45) is 11.7 Å². The van der Waals surface area contributed by atoms with Crippen molar-refractivity contribution in [2.45, 2.75) is 63.4 Å². The number of hydrogen-bond acceptors (Lipinski definition) is 4. The molecule has 0 radical (unpaired) electrons. The standard InChI is InChI=1S/C24H28Cl2N2O2/c1-14(2)12-19-24(27,16-8-10-17(25)11-9-16)20(15-6-5-7-18(26)13-15)21-22(29)30-23(3,4)28(19)21/h5-11,13-14,19-21H,12,27H2,1-4H3/t19-,20+,21-,24-/m1/s1. The summed E-state index contributed by atoms with van der Waals surface area (Å²) in [5, 5.41) is 1.27. The van der Waals surface area contributed by atoms with E-state index in [4.69, 9.17) is 33.7 Å². The smallest absolute Gasteiger partial charge is 0.325 e. The summed E-state index contributed by atoms with van der Waals surface area (Å²) in [6, 6.07) is 14.8. The van der Waals surface area contributed by atoms with Gasteiger partial charge in [0.25, 0.3) is 0 Å². The van der Waals surface area contributed by atoms with Crippen molar-refractivity contribution in [3.63, 3.8) is 0 Å². The van der Waals surface area contributed by atoms with E-state index in [0.29, 0.717) is 16.0 Å². The summed E-state index contributed by atoms with van der Waals surface area (Å²) in [5.74, 6) is -0.161. The molecule has 2 heterocycles. The molecule has 0 spiro atoms. The van der Waals surface area contributed by atoms with Crippen LogP contribution in [0.3, 0.4) is 0 Å². The molecule has 2 aromatic rings. The Bertz CT molecular complexity index is 960. The van der Waals surface area contributed by atoms with Crippen molar-refractivity contribution in [3.05, 3.63) is 69.7 Å². The maximum Gasteiger partial charge on any atom is 0.325 e. The summed E-state index contributed by atoms with van der Waals surface area (Å²) in [6.07, 6.45) is 0.826. The van der Waals surface area contributed by atoms with Crippen molar-refractivity contribution in [3.8, 4) is 0 Å². The summed E-state index contributed by atoms with van der Waals surface area (Å²) in [7, 11) is 0. The molecule has 2 N–H and O–H groups in total. The molecule has 2 aliphatic heterocycles. The van der Waals surface area contributed by atoms with Crippen LogP contribution in [0.25, 0.3) is 0 Å². The van der Waals surface area contributed by atoms with Crippen molar-refractivity contribution in [2.75, 3.05) is 0 Å². The van der Waals surface area contributed by atoms with E-state index in [1.807, 2.05) is 62.4 Å². The van der Waals surface area contributed by atoms with Crippen LogP contribution in [0.5, 0.6) is 0 Å². The van der Waals surface area contributed by atoms with Gasteiger partial charge in [0, 0.05) is 22.0 Å². The molecule has 4 rings (SSSR count). The van der Waals surface area contributed by atoms with Gasteiger partial charge in [0.1, 0.15) is 6.04 Å². The molecule has 2 aliphatic rings. The number of carbonyl (C=O) groups excluding carboxylic acids is 1.